The van der Waals surface area contributed by atoms with E-state index in [1.54, 1.807) is 30.3 Å². The van der Waals surface area contributed by atoms with E-state index in [1.807, 2.05) is 19.1 Å². The van der Waals surface area contributed by atoms with Gasteiger partial charge in [0.15, 0.2) is 11.6 Å². The van der Waals surface area contributed by atoms with E-state index in [2.05, 4.69) is 6.92 Å². The summed E-state index contributed by atoms with van der Waals surface area (Å²) in [4.78, 5) is 27.1. The van der Waals surface area contributed by atoms with E-state index < -0.39 is 13.0 Å². The highest BCUT2D eigenvalue weighted by Crippen LogP contribution is 2.51. The van der Waals surface area contributed by atoms with E-state index in [1.165, 1.54) is 11.6 Å². The maximum atomic E-state index is 13.6. The van der Waals surface area contributed by atoms with Crippen LogP contribution in [0.3, 0.4) is 0 Å². The minimum absolute atomic E-state index is 0.0127. The van der Waals surface area contributed by atoms with Crippen molar-refractivity contribution in [1.82, 2.24) is 0 Å². The predicted octanol–water partition coefficient (Wildman–Crippen LogP) is 6.15. The molecular formula is C29H30BClO5. The zero-order valence-corrected chi connectivity index (χ0v) is 21.3. The number of fused-ring (bicyclic) bond motifs is 4. The van der Waals surface area contributed by atoms with Gasteiger partial charge in [0.05, 0.1) is 11.1 Å². The minimum atomic E-state index is -0.975. The molecule has 2 N–H and O–H groups in total. The summed E-state index contributed by atoms with van der Waals surface area (Å²) in [6.07, 6.45) is 4.73. The number of carbonyl (C=O) groups excluding carboxylic acids is 2. The van der Waals surface area contributed by atoms with Crippen LogP contribution in [0.5, 0.6) is 5.75 Å². The van der Waals surface area contributed by atoms with Crippen LogP contribution in [-0.2, 0) is 4.65 Å². The normalized spacial score (nSPS) is 26.0. The molecule has 0 saturated carbocycles. The summed E-state index contributed by atoms with van der Waals surface area (Å²) in [6, 6.07) is 12.0. The molecule has 0 unspecified atom stereocenters. The fourth-order valence-electron chi connectivity index (χ4n) is 6.34. The zero-order valence-electron chi connectivity index (χ0n) is 20.5. The maximum Gasteiger partial charge on any atom is 0.455 e. The summed E-state index contributed by atoms with van der Waals surface area (Å²) in [5.74, 6) is -0.848. The summed E-state index contributed by atoms with van der Waals surface area (Å²) < 4.78 is 6.05. The lowest BCUT2D eigenvalue weighted by Gasteiger charge is -2.47. The first-order valence-corrected chi connectivity index (χ1v) is 13.0. The second-order valence-electron chi connectivity index (χ2n) is 10.2. The van der Waals surface area contributed by atoms with Gasteiger partial charge >= 0.3 is 7.12 Å². The van der Waals surface area contributed by atoms with Crippen molar-refractivity contribution in [3.63, 3.8) is 0 Å². The van der Waals surface area contributed by atoms with Crippen LogP contribution in [0.1, 0.15) is 65.8 Å². The molecule has 1 fully saturated rings. The molecule has 2 aromatic carbocycles. The third kappa shape index (κ3) is 4.47. The highest BCUT2D eigenvalue weighted by Gasteiger charge is 2.53. The van der Waals surface area contributed by atoms with Gasteiger partial charge in [0, 0.05) is 23.0 Å². The third-order valence-electron chi connectivity index (χ3n) is 7.98. The molecule has 0 aromatic heterocycles. The van der Waals surface area contributed by atoms with Crippen LogP contribution in [0.2, 0.25) is 11.3 Å². The zero-order chi connectivity index (χ0) is 25.6. The number of rotatable bonds is 5. The Bertz CT molecular complexity index is 1280. The van der Waals surface area contributed by atoms with Crippen molar-refractivity contribution >= 4 is 36.4 Å². The Morgan fingerprint density at radius 1 is 1.14 bits per heavy atom. The quantitative estimate of drug-likeness (QED) is 0.377. The Morgan fingerprint density at radius 2 is 1.86 bits per heavy atom. The van der Waals surface area contributed by atoms with Crippen molar-refractivity contribution < 1.29 is 24.4 Å². The molecule has 2 aliphatic carbocycles. The van der Waals surface area contributed by atoms with E-state index in [-0.39, 0.29) is 35.3 Å². The molecule has 0 bridgehead atoms. The van der Waals surface area contributed by atoms with Crippen LogP contribution in [0.15, 0.2) is 59.2 Å². The summed E-state index contributed by atoms with van der Waals surface area (Å²) in [5, 5.41) is 20.8. The average molecular weight is 505 g/mol. The third-order valence-corrected chi connectivity index (χ3v) is 8.30. The van der Waals surface area contributed by atoms with Crippen LogP contribution < -0.4 is 0 Å². The Balaban J connectivity index is 1.44. The van der Waals surface area contributed by atoms with Gasteiger partial charge in [-0.2, -0.15) is 0 Å². The van der Waals surface area contributed by atoms with Crippen LogP contribution in [-0.4, -0.2) is 34.9 Å². The van der Waals surface area contributed by atoms with Crippen molar-refractivity contribution in [2.45, 2.75) is 52.0 Å². The first-order valence-electron chi connectivity index (χ1n) is 12.7. The number of allylic oxidation sites excluding steroid dienone is 2. The number of halogens is 1. The molecule has 36 heavy (non-hydrogen) atoms. The number of carbonyl (C=O) groups is 2. The standard InChI is InChI=1S/C29H30BClO5/c1-3-17-13-22-27(29(34)21-7-5-4-6-20(21)28(22)33)23-15-30(35)36-25(26(17)23)11-8-16(2)12-18-9-10-19(32)14-24(18)31/h4-7,9-10,12,14,22-23,25,27,32,35H,3,8,11,13,15H2,1-2H3/b16-12+/t22-,23+,25-,27-/m1/s1. The molecule has 0 radical (unpaired) electrons. The molecular weight excluding hydrogens is 475 g/mol. The predicted molar refractivity (Wildman–Crippen MR) is 141 cm³/mol. The molecule has 2 aromatic rings. The van der Waals surface area contributed by atoms with Crippen molar-refractivity contribution in [2.24, 2.45) is 17.8 Å². The molecule has 4 atom stereocenters. The molecule has 1 heterocycles. The SMILES string of the molecule is CCC1=C2[C@@H](CC/C(C)=C/c3ccc(O)cc3Cl)OB(O)C[C@@H]2[C@@H]2C(=O)c3ccccc3C(=O)[C@@H]2C1. The number of benzene rings is 2. The Kier molecular flexibility index (Phi) is 6.95. The number of aromatic hydroxyl groups is 1. The molecule has 5 nitrogen and oxygen atoms in total. The van der Waals surface area contributed by atoms with Crippen LogP contribution >= 0.6 is 11.6 Å². The summed E-state index contributed by atoms with van der Waals surface area (Å²) >= 11 is 6.27. The van der Waals surface area contributed by atoms with E-state index in [4.69, 9.17) is 16.3 Å². The summed E-state index contributed by atoms with van der Waals surface area (Å²) in [6.45, 7) is 4.11. The van der Waals surface area contributed by atoms with Crippen molar-refractivity contribution in [1.29, 1.82) is 0 Å². The van der Waals surface area contributed by atoms with Crippen LogP contribution in [0.25, 0.3) is 6.08 Å². The largest absolute Gasteiger partial charge is 0.508 e. The molecule has 186 valence electrons. The molecule has 1 aliphatic heterocycles. The Hall–Kier alpha value is -2.67. The van der Waals surface area contributed by atoms with Gasteiger partial charge in [0.1, 0.15) is 5.75 Å². The molecule has 5 rings (SSSR count). The topological polar surface area (TPSA) is 83.8 Å². The number of ketones is 2. The number of phenols is 1. The van der Waals surface area contributed by atoms with Gasteiger partial charge in [0.2, 0.25) is 0 Å². The van der Waals surface area contributed by atoms with E-state index in [9.17, 15) is 19.7 Å². The maximum absolute atomic E-state index is 13.6. The lowest BCUT2D eigenvalue weighted by atomic mass is 9.54. The Morgan fingerprint density at radius 3 is 2.56 bits per heavy atom. The van der Waals surface area contributed by atoms with Crippen molar-refractivity contribution in [3.8, 4) is 5.75 Å². The van der Waals surface area contributed by atoms with Gasteiger partial charge in [-0.3, -0.25) is 9.59 Å². The highest BCUT2D eigenvalue weighted by molar-refractivity contribution is 6.43. The van der Waals surface area contributed by atoms with Gasteiger partial charge in [-0.25, -0.2) is 0 Å². The second kappa shape index (κ2) is 10.0. The minimum Gasteiger partial charge on any atom is -0.508 e. The molecule has 0 spiro atoms. The fraction of sp³-hybridized carbons (Fsp3) is 0.379. The van der Waals surface area contributed by atoms with E-state index >= 15 is 0 Å². The summed E-state index contributed by atoms with van der Waals surface area (Å²) in [7, 11) is -0.975. The van der Waals surface area contributed by atoms with E-state index in [0.717, 1.165) is 23.1 Å². The average Bonchev–Trinajstić information content (AvgIpc) is 2.86. The number of hydrogen-bond donors (Lipinski definition) is 2. The number of Topliss-reactive ketones (excluding diaryl/α,β-unsaturated/α-hetero) is 2. The van der Waals surface area contributed by atoms with Crippen molar-refractivity contribution in [3.05, 3.63) is 80.9 Å². The monoisotopic (exact) mass is 504 g/mol. The van der Waals surface area contributed by atoms with Crippen LogP contribution in [0.4, 0.5) is 0 Å². The lowest BCUT2D eigenvalue weighted by molar-refractivity contribution is 0.0599. The van der Waals surface area contributed by atoms with Gasteiger partial charge in [-0.1, -0.05) is 60.0 Å². The second-order valence-corrected chi connectivity index (χ2v) is 10.6. The highest BCUT2D eigenvalue weighted by atomic mass is 35.5. The Labute approximate surface area is 217 Å². The first-order chi connectivity index (χ1) is 17.3. The summed E-state index contributed by atoms with van der Waals surface area (Å²) in [5.41, 5.74) is 5.24. The molecule has 1 saturated heterocycles. The van der Waals surface area contributed by atoms with Gasteiger partial charge in [-0.15, -0.1) is 0 Å². The lowest BCUT2D eigenvalue weighted by Crippen LogP contribution is -2.50. The number of hydrogen-bond acceptors (Lipinski definition) is 5. The molecule has 7 heteroatoms. The molecule has 0 amide bonds. The number of phenolic OH excluding ortho intramolecular Hbond substituents is 1. The van der Waals surface area contributed by atoms with Gasteiger partial charge < -0.3 is 14.8 Å². The van der Waals surface area contributed by atoms with Crippen LogP contribution in [0, 0.1) is 17.8 Å². The van der Waals surface area contributed by atoms with Crippen molar-refractivity contribution in [2.75, 3.05) is 0 Å². The fourth-order valence-corrected chi connectivity index (χ4v) is 6.57. The smallest absolute Gasteiger partial charge is 0.455 e. The first kappa shape index (κ1) is 25.0. The van der Waals surface area contributed by atoms with Gasteiger partial charge in [0.25, 0.3) is 0 Å². The molecule has 3 aliphatic rings. The van der Waals surface area contributed by atoms with E-state index in [0.29, 0.717) is 41.7 Å². The van der Waals surface area contributed by atoms with Gasteiger partial charge in [-0.05, 0) is 74.2 Å².